The molecule has 0 radical (unpaired) electrons. The summed E-state index contributed by atoms with van der Waals surface area (Å²) in [5, 5.41) is 10.4. The van der Waals surface area contributed by atoms with Crippen LogP contribution in [-0.4, -0.2) is 27.9 Å². The van der Waals surface area contributed by atoms with E-state index in [-0.39, 0.29) is 12.5 Å². The lowest BCUT2D eigenvalue weighted by molar-refractivity contribution is -0.118. The van der Waals surface area contributed by atoms with Crippen LogP contribution in [0.2, 0.25) is 5.02 Å². The molecule has 1 aliphatic rings. The van der Waals surface area contributed by atoms with E-state index in [4.69, 9.17) is 26.4 Å². The van der Waals surface area contributed by atoms with Crippen LogP contribution in [-0.2, 0) is 4.79 Å². The Kier molecular flexibility index (Phi) is 5.77. The van der Waals surface area contributed by atoms with Crippen molar-refractivity contribution >= 4 is 45.9 Å². The van der Waals surface area contributed by atoms with Gasteiger partial charge in [-0.05, 0) is 55.5 Å². The van der Waals surface area contributed by atoms with Crippen LogP contribution in [0.25, 0.3) is 11.3 Å². The molecule has 9 heteroatoms. The van der Waals surface area contributed by atoms with Gasteiger partial charge in [-0.2, -0.15) is 5.10 Å². The van der Waals surface area contributed by atoms with Gasteiger partial charge < -0.3 is 10.1 Å². The van der Waals surface area contributed by atoms with E-state index in [1.807, 2.05) is 54.8 Å². The summed E-state index contributed by atoms with van der Waals surface area (Å²) in [5.41, 5.74) is 4.79. The molecule has 1 amide bonds. The van der Waals surface area contributed by atoms with Gasteiger partial charge in [0.05, 0.1) is 22.8 Å². The zero-order valence-electron chi connectivity index (χ0n) is 17.5. The lowest BCUT2D eigenvalue weighted by Gasteiger charge is -2.18. The van der Waals surface area contributed by atoms with E-state index in [9.17, 15) is 4.79 Å². The summed E-state index contributed by atoms with van der Waals surface area (Å²) in [7, 11) is 0. The fraction of sp³-hybridized carbons (Fsp3) is 0.0833. The summed E-state index contributed by atoms with van der Waals surface area (Å²) < 4.78 is 7.29. The molecule has 0 unspecified atom stereocenters. The van der Waals surface area contributed by atoms with E-state index in [1.165, 1.54) is 11.3 Å². The Morgan fingerprint density at radius 1 is 1.21 bits per heavy atom. The normalized spacial score (nSPS) is 13.9. The topological polar surface area (TPSA) is 80.9 Å². The molecule has 0 atom stereocenters. The van der Waals surface area contributed by atoms with Crippen LogP contribution in [0.5, 0.6) is 5.75 Å². The smallest absolute Gasteiger partial charge is 0.262 e. The predicted molar refractivity (Wildman–Crippen MR) is 130 cm³/mol. The molecule has 0 aliphatic carbocycles. The third kappa shape index (κ3) is 4.57. The molecule has 5 rings (SSSR count). The first kappa shape index (κ1) is 21.1. The molecule has 164 valence electrons. The van der Waals surface area contributed by atoms with E-state index >= 15 is 0 Å². The summed E-state index contributed by atoms with van der Waals surface area (Å²) in [4.78, 5) is 21.4. The van der Waals surface area contributed by atoms with Gasteiger partial charge in [0.1, 0.15) is 5.75 Å². The number of hydrogen-bond donors (Lipinski definition) is 1. The summed E-state index contributed by atoms with van der Waals surface area (Å²) in [6.07, 6.45) is 3.50. The van der Waals surface area contributed by atoms with E-state index in [2.05, 4.69) is 10.3 Å². The first-order valence-corrected chi connectivity index (χ1v) is 11.4. The van der Waals surface area contributed by atoms with Gasteiger partial charge in [0.25, 0.3) is 5.91 Å². The molecule has 2 aromatic carbocycles. The Bertz CT molecular complexity index is 1430. The molecule has 3 heterocycles. The molecule has 0 fully saturated rings. The van der Waals surface area contributed by atoms with Crippen molar-refractivity contribution in [1.29, 1.82) is 0 Å². The second-order valence-electron chi connectivity index (χ2n) is 7.28. The number of fused-ring (bicyclic) bond motifs is 1. The number of nitrogens with zero attached hydrogens (tertiary/aromatic N) is 4. The number of anilines is 1. The number of amides is 1. The highest BCUT2D eigenvalue weighted by molar-refractivity contribution is 7.07. The number of benzene rings is 2. The fourth-order valence-electron chi connectivity index (χ4n) is 3.33. The van der Waals surface area contributed by atoms with Gasteiger partial charge >= 0.3 is 0 Å². The quantitative estimate of drug-likeness (QED) is 0.417. The first-order valence-electron chi connectivity index (χ1n) is 10.1. The molecule has 0 saturated heterocycles. The highest BCUT2D eigenvalue weighted by Crippen LogP contribution is 2.33. The van der Waals surface area contributed by atoms with Gasteiger partial charge in [-0.25, -0.2) is 9.67 Å². The second kappa shape index (κ2) is 9.01. The highest BCUT2D eigenvalue weighted by Gasteiger charge is 2.18. The van der Waals surface area contributed by atoms with Crippen LogP contribution >= 0.6 is 22.9 Å². The molecule has 33 heavy (non-hydrogen) atoms. The summed E-state index contributed by atoms with van der Waals surface area (Å²) in [5.74, 6) is 0.461. The second-order valence-corrected chi connectivity index (χ2v) is 8.55. The maximum absolute atomic E-state index is 11.8. The molecule has 7 nitrogen and oxygen atoms in total. The Labute approximate surface area is 198 Å². The van der Waals surface area contributed by atoms with Crippen LogP contribution in [0.15, 0.2) is 82.5 Å². The number of ether oxygens (including phenoxy) is 1. The fourth-order valence-corrected chi connectivity index (χ4v) is 4.30. The molecule has 2 aromatic heterocycles. The minimum Gasteiger partial charge on any atom is -0.482 e. The van der Waals surface area contributed by atoms with Gasteiger partial charge in [-0.3, -0.25) is 9.78 Å². The number of thiazole rings is 1. The van der Waals surface area contributed by atoms with Gasteiger partial charge in [0.15, 0.2) is 6.61 Å². The summed E-state index contributed by atoms with van der Waals surface area (Å²) in [6, 6.07) is 16.8. The Morgan fingerprint density at radius 3 is 2.85 bits per heavy atom. The summed E-state index contributed by atoms with van der Waals surface area (Å²) in [6.45, 7) is 1.95. The minimum atomic E-state index is -0.179. The van der Waals surface area contributed by atoms with Crippen molar-refractivity contribution in [3.05, 3.63) is 87.8 Å². The lowest BCUT2D eigenvalue weighted by atomic mass is 10.1. The maximum Gasteiger partial charge on any atom is 0.262 e. The Morgan fingerprint density at radius 2 is 2.06 bits per heavy atom. The van der Waals surface area contributed by atoms with E-state index < -0.39 is 0 Å². The molecule has 4 aromatic rings. The lowest BCUT2D eigenvalue weighted by Crippen LogP contribution is -2.25. The number of rotatable bonds is 4. The molecule has 0 spiro atoms. The van der Waals surface area contributed by atoms with Crippen LogP contribution in [0.4, 0.5) is 11.4 Å². The predicted octanol–water partition coefficient (Wildman–Crippen LogP) is 5.10. The molecule has 0 saturated carbocycles. The van der Waals surface area contributed by atoms with Crippen LogP contribution in [0, 0.1) is 0 Å². The molecular weight excluding hydrogens is 458 g/mol. The first-order chi connectivity index (χ1) is 16.1. The number of pyridine rings is 1. The van der Waals surface area contributed by atoms with E-state index in [0.717, 1.165) is 28.2 Å². The monoisotopic (exact) mass is 475 g/mol. The van der Waals surface area contributed by atoms with Crippen molar-refractivity contribution in [2.45, 2.75) is 6.92 Å². The number of nitrogens with one attached hydrogen (secondary N) is 1. The highest BCUT2D eigenvalue weighted by atomic mass is 35.5. The van der Waals surface area contributed by atoms with Crippen molar-refractivity contribution in [2.24, 2.45) is 10.1 Å². The van der Waals surface area contributed by atoms with Gasteiger partial charge in [-0.15, -0.1) is 11.3 Å². The van der Waals surface area contributed by atoms with Crippen LogP contribution in [0.3, 0.4) is 0 Å². The van der Waals surface area contributed by atoms with Crippen LogP contribution in [0.1, 0.15) is 12.5 Å². The van der Waals surface area contributed by atoms with Crippen LogP contribution < -0.4 is 14.9 Å². The number of halogens is 1. The molecule has 1 N–H and O–H groups in total. The third-order valence-corrected chi connectivity index (χ3v) is 6.04. The number of carbonyl (C=O) groups is 1. The zero-order chi connectivity index (χ0) is 22.8. The van der Waals surface area contributed by atoms with Crippen molar-refractivity contribution in [3.63, 3.8) is 0 Å². The van der Waals surface area contributed by atoms with E-state index in [0.29, 0.717) is 21.3 Å². The average Bonchev–Trinajstić information content (AvgIpc) is 3.22. The molecule has 1 aliphatic heterocycles. The van der Waals surface area contributed by atoms with Crippen molar-refractivity contribution in [1.82, 2.24) is 9.66 Å². The molecule has 0 bridgehead atoms. The maximum atomic E-state index is 11.8. The van der Waals surface area contributed by atoms with Crippen molar-refractivity contribution in [3.8, 4) is 17.0 Å². The standard InChI is InChI=1S/C24H18ClN5O2S/c1-15(17-3-2-10-26-12-17)29-30-21(14-33-24(30)27-19-7-5-18(25)6-8-19)16-4-9-22-20(11-16)28-23(31)13-32-22/h2-12,14H,13H2,1H3,(H,28,31). The minimum absolute atomic E-state index is 0.0174. The number of carbonyl (C=O) groups excluding carboxylic acids is 1. The SMILES string of the molecule is CC(=Nn1c(-c2ccc3c(c2)NC(=O)CO3)csc1=Nc1ccc(Cl)cc1)c1cccnc1. The largest absolute Gasteiger partial charge is 0.482 e. The van der Waals surface area contributed by atoms with Crippen molar-refractivity contribution in [2.75, 3.05) is 11.9 Å². The Balaban J connectivity index is 1.66. The summed E-state index contributed by atoms with van der Waals surface area (Å²) >= 11 is 7.49. The van der Waals surface area contributed by atoms with Gasteiger partial charge in [0, 0.05) is 33.9 Å². The third-order valence-electron chi connectivity index (χ3n) is 4.97. The van der Waals surface area contributed by atoms with Gasteiger partial charge in [-0.1, -0.05) is 17.7 Å². The molecular formula is C24H18ClN5O2S. The van der Waals surface area contributed by atoms with Gasteiger partial charge in [0.2, 0.25) is 4.80 Å². The number of aromatic nitrogens is 2. The number of hydrogen-bond acceptors (Lipinski definition) is 6. The average molecular weight is 476 g/mol. The zero-order valence-corrected chi connectivity index (χ0v) is 19.1. The van der Waals surface area contributed by atoms with E-state index in [1.54, 1.807) is 29.2 Å². The Hall–Kier alpha value is -3.75. The van der Waals surface area contributed by atoms with Crippen molar-refractivity contribution < 1.29 is 9.53 Å².